The lowest BCUT2D eigenvalue weighted by Crippen LogP contribution is -1.70. The molecular weight excluding hydrogens is 195 g/mol. The number of halogens is 2. The van der Waals surface area contributed by atoms with Crippen LogP contribution in [-0.2, 0) is 0 Å². The first-order valence-electron chi connectivity index (χ1n) is 2.71. The van der Waals surface area contributed by atoms with Crippen LogP contribution in [0.15, 0.2) is 41.9 Å². The summed E-state index contributed by atoms with van der Waals surface area (Å²) in [5.41, 5.74) is 0. The van der Waals surface area contributed by atoms with Crippen molar-refractivity contribution in [1.29, 1.82) is 0 Å². The molecule has 0 unspecified atom stereocenters. The molecular formula is C8H8BrF. The molecule has 0 atom stereocenters. The average Bonchev–Trinajstić information content (AvgIpc) is 2.00. The minimum Gasteiger partial charge on any atom is -0.206 e. The normalized spacial score (nSPS) is 7.80. The van der Waals surface area contributed by atoms with Gasteiger partial charge in [0.2, 0.25) is 0 Å². The predicted molar refractivity (Wildman–Crippen MR) is 45.4 cm³/mol. The van der Waals surface area contributed by atoms with E-state index in [2.05, 4.69) is 29.1 Å². The van der Waals surface area contributed by atoms with Gasteiger partial charge in [-0.05, 0) is 28.1 Å². The van der Waals surface area contributed by atoms with Gasteiger partial charge in [0.1, 0.15) is 5.82 Å². The van der Waals surface area contributed by atoms with Crippen LogP contribution >= 0.6 is 15.9 Å². The van der Waals surface area contributed by atoms with E-state index in [1.54, 1.807) is 18.2 Å². The maximum Gasteiger partial charge on any atom is 0.137 e. The predicted octanol–water partition coefficient (Wildman–Crippen LogP) is 3.39. The molecule has 0 nitrogen and oxygen atoms in total. The largest absolute Gasteiger partial charge is 0.206 e. The third-order valence-electron chi connectivity index (χ3n) is 0.824. The third kappa shape index (κ3) is 2.78. The Morgan fingerprint density at radius 1 is 1.20 bits per heavy atom. The molecule has 54 valence electrons. The minimum absolute atomic E-state index is 0.215. The average molecular weight is 203 g/mol. The zero-order chi connectivity index (χ0) is 7.98. The molecule has 0 heterocycles. The van der Waals surface area contributed by atoms with Crippen molar-refractivity contribution < 1.29 is 4.39 Å². The molecule has 0 amide bonds. The zero-order valence-corrected chi connectivity index (χ0v) is 7.07. The molecule has 2 heteroatoms. The molecule has 0 radical (unpaired) electrons. The summed E-state index contributed by atoms with van der Waals surface area (Å²) in [4.78, 5) is 0. The first-order chi connectivity index (χ1) is 4.80. The van der Waals surface area contributed by atoms with E-state index in [1.165, 1.54) is 6.07 Å². The van der Waals surface area contributed by atoms with Crippen molar-refractivity contribution in [2.45, 2.75) is 0 Å². The van der Waals surface area contributed by atoms with Crippen LogP contribution < -0.4 is 0 Å². The molecule has 0 aliphatic carbocycles. The van der Waals surface area contributed by atoms with Crippen molar-refractivity contribution in [2.75, 3.05) is 0 Å². The molecule has 1 aromatic rings. The van der Waals surface area contributed by atoms with Crippen molar-refractivity contribution in [2.24, 2.45) is 0 Å². The number of rotatable bonds is 0. The highest BCUT2D eigenvalue weighted by atomic mass is 79.9. The van der Waals surface area contributed by atoms with Crippen molar-refractivity contribution >= 4 is 15.9 Å². The Kier molecular flexibility index (Phi) is 4.85. The van der Waals surface area contributed by atoms with Gasteiger partial charge < -0.3 is 0 Å². The first kappa shape index (κ1) is 9.37. The number of hydrogen-bond acceptors (Lipinski definition) is 0. The van der Waals surface area contributed by atoms with E-state index < -0.39 is 0 Å². The van der Waals surface area contributed by atoms with Crippen LogP contribution in [0.5, 0.6) is 0 Å². The highest BCUT2D eigenvalue weighted by Crippen LogP contribution is 2.12. The second kappa shape index (κ2) is 5.18. The van der Waals surface area contributed by atoms with Gasteiger partial charge in [0.15, 0.2) is 0 Å². The standard InChI is InChI=1S/C6H4BrF.C2H4/c7-5-3-1-2-4-6(5)8;1-2/h1-4H;1-2H2. The number of benzene rings is 1. The molecule has 0 N–H and O–H groups in total. The van der Waals surface area contributed by atoms with Crippen LogP contribution in [0, 0.1) is 5.82 Å². The summed E-state index contributed by atoms with van der Waals surface area (Å²) in [5, 5.41) is 0. The second-order valence-electron chi connectivity index (χ2n) is 1.41. The lowest BCUT2D eigenvalue weighted by atomic mass is 10.4. The summed E-state index contributed by atoms with van der Waals surface area (Å²) in [6, 6.07) is 6.49. The van der Waals surface area contributed by atoms with E-state index in [-0.39, 0.29) is 5.82 Å². The van der Waals surface area contributed by atoms with Gasteiger partial charge in [0, 0.05) is 0 Å². The van der Waals surface area contributed by atoms with Crippen LogP contribution in [-0.4, -0.2) is 0 Å². The van der Waals surface area contributed by atoms with E-state index in [0.29, 0.717) is 4.47 Å². The molecule has 10 heavy (non-hydrogen) atoms. The molecule has 0 saturated heterocycles. The molecule has 0 saturated carbocycles. The minimum atomic E-state index is -0.215. The van der Waals surface area contributed by atoms with Crippen LogP contribution in [0.2, 0.25) is 0 Å². The van der Waals surface area contributed by atoms with E-state index in [1.807, 2.05) is 0 Å². The van der Waals surface area contributed by atoms with Crippen molar-refractivity contribution in [1.82, 2.24) is 0 Å². The molecule has 1 aromatic carbocycles. The van der Waals surface area contributed by atoms with Gasteiger partial charge in [-0.2, -0.15) is 0 Å². The van der Waals surface area contributed by atoms with Gasteiger partial charge in [0.05, 0.1) is 4.47 Å². The first-order valence-corrected chi connectivity index (χ1v) is 3.50. The van der Waals surface area contributed by atoms with Gasteiger partial charge in [-0.15, -0.1) is 13.2 Å². The Hall–Kier alpha value is -0.630. The van der Waals surface area contributed by atoms with Gasteiger partial charge in [-0.1, -0.05) is 12.1 Å². The maximum absolute atomic E-state index is 12.3. The van der Waals surface area contributed by atoms with E-state index in [0.717, 1.165) is 0 Å². The van der Waals surface area contributed by atoms with Gasteiger partial charge in [0.25, 0.3) is 0 Å². The van der Waals surface area contributed by atoms with Gasteiger partial charge >= 0.3 is 0 Å². The van der Waals surface area contributed by atoms with Crippen LogP contribution in [0.25, 0.3) is 0 Å². The fourth-order valence-corrected chi connectivity index (χ4v) is 0.724. The fourth-order valence-electron chi connectivity index (χ4n) is 0.439. The smallest absolute Gasteiger partial charge is 0.137 e. The summed E-state index contributed by atoms with van der Waals surface area (Å²) >= 11 is 3.02. The molecule has 0 spiro atoms. The Balaban J connectivity index is 0.000000371. The molecule has 1 rings (SSSR count). The van der Waals surface area contributed by atoms with Gasteiger partial charge in [-0.3, -0.25) is 0 Å². The molecule has 0 aliphatic rings. The topological polar surface area (TPSA) is 0 Å². The zero-order valence-electron chi connectivity index (χ0n) is 5.48. The van der Waals surface area contributed by atoms with Crippen molar-refractivity contribution in [3.05, 3.63) is 47.7 Å². The maximum atomic E-state index is 12.3. The van der Waals surface area contributed by atoms with Crippen LogP contribution in [0.4, 0.5) is 4.39 Å². The quantitative estimate of drug-likeness (QED) is 0.567. The second-order valence-corrected chi connectivity index (χ2v) is 2.27. The highest BCUT2D eigenvalue weighted by molar-refractivity contribution is 9.10. The summed E-state index contributed by atoms with van der Waals surface area (Å²) in [5.74, 6) is -0.215. The van der Waals surface area contributed by atoms with E-state index in [9.17, 15) is 4.39 Å². The Morgan fingerprint density at radius 3 is 2.00 bits per heavy atom. The van der Waals surface area contributed by atoms with Crippen molar-refractivity contribution in [3.8, 4) is 0 Å². The SMILES string of the molecule is C=C.Fc1ccccc1Br. The molecule has 0 aliphatic heterocycles. The summed E-state index contributed by atoms with van der Waals surface area (Å²) in [7, 11) is 0. The molecule has 0 fully saturated rings. The van der Waals surface area contributed by atoms with Gasteiger partial charge in [-0.25, -0.2) is 4.39 Å². The molecule has 0 bridgehead atoms. The monoisotopic (exact) mass is 202 g/mol. The van der Waals surface area contributed by atoms with Crippen LogP contribution in [0.3, 0.4) is 0 Å². The third-order valence-corrected chi connectivity index (χ3v) is 1.47. The van der Waals surface area contributed by atoms with E-state index >= 15 is 0 Å². The lowest BCUT2D eigenvalue weighted by Gasteiger charge is -1.87. The molecule has 0 aromatic heterocycles. The fraction of sp³-hybridized carbons (Fsp3) is 0. The Bertz CT molecular complexity index is 177. The summed E-state index contributed by atoms with van der Waals surface area (Å²) in [6.07, 6.45) is 0. The van der Waals surface area contributed by atoms with E-state index in [4.69, 9.17) is 0 Å². The summed E-state index contributed by atoms with van der Waals surface area (Å²) in [6.45, 7) is 6.00. The van der Waals surface area contributed by atoms with Crippen LogP contribution in [0.1, 0.15) is 0 Å². The lowest BCUT2D eigenvalue weighted by molar-refractivity contribution is 0.621. The highest BCUT2D eigenvalue weighted by Gasteiger charge is 1.90. The Labute approximate surface area is 68.5 Å². The number of hydrogen-bond donors (Lipinski definition) is 0. The van der Waals surface area contributed by atoms with Crippen molar-refractivity contribution in [3.63, 3.8) is 0 Å². The summed E-state index contributed by atoms with van der Waals surface area (Å²) < 4.78 is 12.8. The Morgan fingerprint density at radius 2 is 1.70 bits per heavy atom.